The van der Waals surface area contributed by atoms with Crippen LogP contribution in [0.4, 0.5) is 0 Å². The standard InChI is InChI=1S/C10H18N2O2S/c11-9(15)6-10(14)12-4-1-2-8(7-12)3-5-13/h8,13H,1-7H2,(H2,11,15). The molecule has 1 saturated heterocycles. The van der Waals surface area contributed by atoms with E-state index in [1.807, 2.05) is 4.90 Å². The fourth-order valence-electron chi connectivity index (χ4n) is 1.97. The summed E-state index contributed by atoms with van der Waals surface area (Å²) in [6.07, 6.45) is 3.04. The van der Waals surface area contributed by atoms with E-state index in [1.54, 1.807) is 0 Å². The predicted molar refractivity (Wildman–Crippen MR) is 62.4 cm³/mol. The number of nitrogens with two attached hydrogens (primary N) is 1. The summed E-state index contributed by atoms with van der Waals surface area (Å²) in [6, 6.07) is 0. The topological polar surface area (TPSA) is 66.6 Å². The van der Waals surface area contributed by atoms with Crippen LogP contribution < -0.4 is 5.73 Å². The average Bonchev–Trinajstić information content (AvgIpc) is 2.17. The van der Waals surface area contributed by atoms with Crippen LogP contribution in [0.25, 0.3) is 0 Å². The third-order valence-electron chi connectivity index (χ3n) is 2.73. The van der Waals surface area contributed by atoms with Gasteiger partial charge in [0, 0.05) is 19.7 Å². The number of hydrogen-bond acceptors (Lipinski definition) is 3. The summed E-state index contributed by atoms with van der Waals surface area (Å²) < 4.78 is 0. The molecule has 1 amide bonds. The summed E-state index contributed by atoms with van der Waals surface area (Å²) in [5.74, 6) is 0.448. The Labute approximate surface area is 95.4 Å². The number of carbonyl (C=O) groups is 1. The van der Waals surface area contributed by atoms with E-state index < -0.39 is 0 Å². The van der Waals surface area contributed by atoms with Crippen molar-refractivity contribution in [3.8, 4) is 0 Å². The molecular formula is C10H18N2O2S. The number of amides is 1. The normalized spacial score (nSPS) is 21.4. The first-order valence-corrected chi connectivity index (χ1v) is 5.71. The third kappa shape index (κ3) is 4.13. The first-order valence-electron chi connectivity index (χ1n) is 5.30. The summed E-state index contributed by atoms with van der Waals surface area (Å²) in [4.78, 5) is 13.7. The molecule has 1 heterocycles. The van der Waals surface area contributed by atoms with Crippen molar-refractivity contribution in [1.29, 1.82) is 0 Å². The minimum Gasteiger partial charge on any atom is -0.396 e. The summed E-state index contributed by atoms with van der Waals surface area (Å²) in [7, 11) is 0. The Hall–Kier alpha value is -0.680. The lowest BCUT2D eigenvalue weighted by atomic mass is 9.95. The minimum absolute atomic E-state index is 0.0186. The first kappa shape index (κ1) is 12.4. The van der Waals surface area contributed by atoms with Crippen LogP contribution in [0.2, 0.25) is 0 Å². The molecule has 0 bridgehead atoms. The van der Waals surface area contributed by atoms with Crippen LogP contribution in [0, 0.1) is 5.92 Å². The lowest BCUT2D eigenvalue weighted by Gasteiger charge is -2.32. The summed E-state index contributed by atoms with van der Waals surface area (Å²) >= 11 is 4.71. The zero-order chi connectivity index (χ0) is 11.3. The Kier molecular flexibility index (Phi) is 4.98. The maximum Gasteiger partial charge on any atom is 0.229 e. The number of piperidine rings is 1. The molecule has 1 atom stereocenters. The molecule has 0 aromatic heterocycles. The summed E-state index contributed by atoms with van der Waals surface area (Å²) in [6.45, 7) is 1.73. The molecule has 1 aliphatic rings. The van der Waals surface area contributed by atoms with Gasteiger partial charge in [-0.05, 0) is 25.2 Å². The second-order valence-electron chi connectivity index (χ2n) is 4.00. The summed E-state index contributed by atoms with van der Waals surface area (Å²) in [5, 5.41) is 8.84. The molecule has 0 radical (unpaired) electrons. The molecule has 0 saturated carbocycles. The van der Waals surface area contributed by atoms with Gasteiger partial charge in [-0.1, -0.05) is 12.2 Å². The second-order valence-corrected chi connectivity index (χ2v) is 4.53. The zero-order valence-corrected chi connectivity index (χ0v) is 9.63. The van der Waals surface area contributed by atoms with E-state index in [1.165, 1.54) is 0 Å². The zero-order valence-electron chi connectivity index (χ0n) is 8.82. The molecule has 1 unspecified atom stereocenters. The predicted octanol–water partition coefficient (Wildman–Crippen LogP) is 0.284. The van der Waals surface area contributed by atoms with E-state index in [0.29, 0.717) is 5.92 Å². The molecule has 86 valence electrons. The maximum atomic E-state index is 11.7. The molecule has 3 N–H and O–H groups in total. The van der Waals surface area contributed by atoms with Gasteiger partial charge in [0.25, 0.3) is 0 Å². The van der Waals surface area contributed by atoms with Gasteiger partial charge in [-0.15, -0.1) is 0 Å². The third-order valence-corrected chi connectivity index (χ3v) is 2.88. The minimum atomic E-state index is 0.0186. The Morgan fingerprint density at radius 2 is 2.33 bits per heavy atom. The van der Waals surface area contributed by atoms with Crippen molar-refractivity contribution < 1.29 is 9.90 Å². The van der Waals surface area contributed by atoms with Gasteiger partial charge in [0.05, 0.1) is 11.4 Å². The highest BCUT2D eigenvalue weighted by Crippen LogP contribution is 2.19. The van der Waals surface area contributed by atoms with Gasteiger partial charge >= 0.3 is 0 Å². The average molecular weight is 230 g/mol. The van der Waals surface area contributed by atoms with Gasteiger partial charge in [-0.3, -0.25) is 4.79 Å². The number of aliphatic hydroxyl groups is 1. The molecule has 0 aromatic rings. The lowest BCUT2D eigenvalue weighted by molar-refractivity contribution is -0.131. The number of hydrogen-bond donors (Lipinski definition) is 2. The highest BCUT2D eigenvalue weighted by atomic mass is 32.1. The van der Waals surface area contributed by atoms with Crippen molar-refractivity contribution in [3.05, 3.63) is 0 Å². The quantitative estimate of drug-likeness (QED) is 0.681. The van der Waals surface area contributed by atoms with Crippen molar-refractivity contribution in [2.75, 3.05) is 19.7 Å². The number of likely N-dealkylation sites (tertiary alicyclic amines) is 1. The number of nitrogens with zero attached hydrogens (tertiary/aromatic N) is 1. The monoisotopic (exact) mass is 230 g/mol. The van der Waals surface area contributed by atoms with Gasteiger partial charge in [0.15, 0.2) is 0 Å². The van der Waals surface area contributed by atoms with Crippen molar-refractivity contribution in [2.24, 2.45) is 11.7 Å². The van der Waals surface area contributed by atoms with Crippen LogP contribution in [0.5, 0.6) is 0 Å². The molecule has 4 nitrogen and oxygen atoms in total. The van der Waals surface area contributed by atoms with Crippen molar-refractivity contribution in [2.45, 2.75) is 25.7 Å². The van der Waals surface area contributed by atoms with Crippen LogP contribution in [0.3, 0.4) is 0 Å². The fourth-order valence-corrected chi connectivity index (χ4v) is 2.09. The van der Waals surface area contributed by atoms with Crippen molar-refractivity contribution in [1.82, 2.24) is 4.90 Å². The van der Waals surface area contributed by atoms with E-state index in [9.17, 15) is 4.79 Å². The van der Waals surface area contributed by atoms with E-state index >= 15 is 0 Å². The van der Waals surface area contributed by atoms with Crippen molar-refractivity contribution >= 4 is 23.1 Å². The van der Waals surface area contributed by atoms with Crippen LogP contribution in [-0.2, 0) is 4.79 Å². The molecule has 0 spiro atoms. The number of thiocarbonyl (C=S) groups is 1. The van der Waals surface area contributed by atoms with Gasteiger partial charge < -0.3 is 15.7 Å². The lowest BCUT2D eigenvalue weighted by Crippen LogP contribution is -2.41. The maximum absolute atomic E-state index is 11.7. The fraction of sp³-hybridized carbons (Fsp3) is 0.800. The van der Waals surface area contributed by atoms with Crippen molar-refractivity contribution in [3.63, 3.8) is 0 Å². The Morgan fingerprint density at radius 1 is 1.60 bits per heavy atom. The SMILES string of the molecule is NC(=S)CC(=O)N1CCCC(CCO)C1. The van der Waals surface area contributed by atoms with Gasteiger partial charge in [-0.25, -0.2) is 0 Å². The Bertz CT molecular complexity index is 244. The van der Waals surface area contributed by atoms with Crippen LogP contribution >= 0.6 is 12.2 Å². The number of aliphatic hydroxyl groups excluding tert-OH is 1. The van der Waals surface area contributed by atoms with Gasteiger partial charge in [0.2, 0.25) is 5.91 Å². The molecule has 0 aromatic carbocycles. The largest absolute Gasteiger partial charge is 0.396 e. The van der Waals surface area contributed by atoms with E-state index in [2.05, 4.69) is 0 Å². The van der Waals surface area contributed by atoms with Crippen LogP contribution in [0.15, 0.2) is 0 Å². The number of rotatable bonds is 4. The molecule has 1 rings (SSSR count). The first-order chi connectivity index (χ1) is 7.13. The summed E-state index contributed by atoms with van der Waals surface area (Å²) in [5.41, 5.74) is 5.34. The van der Waals surface area contributed by atoms with Gasteiger partial charge in [0.1, 0.15) is 0 Å². The van der Waals surface area contributed by atoms with Gasteiger partial charge in [-0.2, -0.15) is 0 Å². The highest BCUT2D eigenvalue weighted by molar-refractivity contribution is 7.80. The van der Waals surface area contributed by atoms with Crippen LogP contribution in [0.1, 0.15) is 25.7 Å². The molecule has 0 aliphatic carbocycles. The Morgan fingerprint density at radius 3 is 2.93 bits per heavy atom. The van der Waals surface area contributed by atoms with E-state index in [4.69, 9.17) is 23.1 Å². The Balaban J connectivity index is 2.41. The molecule has 1 fully saturated rings. The second kappa shape index (κ2) is 6.02. The number of carbonyl (C=O) groups excluding carboxylic acids is 1. The van der Waals surface area contributed by atoms with E-state index in [-0.39, 0.29) is 23.9 Å². The smallest absolute Gasteiger partial charge is 0.229 e. The molecule has 1 aliphatic heterocycles. The molecule has 5 heteroatoms. The molecule has 15 heavy (non-hydrogen) atoms. The van der Waals surface area contributed by atoms with Crippen LogP contribution in [-0.4, -0.2) is 40.6 Å². The highest BCUT2D eigenvalue weighted by Gasteiger charge is 2.23. The molecular weight excluding hydrogens is 212 g/mol. The van der Waals surface area contributed by atoms with E-state index in [0.717, 1.165) is 32.4 Å².